The SMILES string of the molecule is Cc1ccc(-c2nn(-c3ccccc3)cc2C(=O)N(C)C)cc1C. The lowest BCUT2D eigenvalue weighted by Gasteiger charge is -2.10. The number of hydrogen-bond acceptors (Lipinski definition) is 2. The lowest BCUT2D eigenvalue weighted by Crippen LogP contribution is -2.21. The summed E-state index contributed by atoms with van der Waals surface area (Å²) in [5.74, 6) is -0.0505. The minimum atomic E-state index is -0.0505. The van der Waals surface area contributed by atoms with Crippen LogP contribution < -0.4 is 0 Å². The third-order valence-electron chi connectivity index (χ3n) is 4.15. The first-order valence-electron chi connectivity index (χ1n) is 7.91. The van der Waals surface area contributed by atoms with E-state index in [4.69, 9.17) is 5.10 Å². The molecule has 0 unspecified atom stereocenters. The maximum absolute atomic E-state index is 12.6. The average Bonchev–Trinajstić information content (AvgIpc) is 3.02. The molecule has 0 saturated carbocycles. The number of hydrogen-bond donors (Lipinski definition) is 0. The number of amides is 1. The van der Waals surface area contributed by atoms with Gasteiger partial charge < -0.3 is 4.90 Å². The van der Waals surface area contributed by atoms with Gasteiger partial charge >= 0.3 is 0 Å². The summed E-state index contributed by atoms with van der Waals surface area (Å²) in [6.07, 6.45) is 1.81. The Morgan fingerprint density at radius 3 is 2.33 bits per heavy atom. The fraction of sp³-hybridized carbons (Fsp3) is 0.200. The smallest absolute Gasteiger partial charge is 0.257 e. The molecule has 122 valence electrons. The molecule has 0 radical (unpaired) electrons. The second-order valence-corrected chi connectivity index (χ2v) is 6.17. The van der Waals surface area contributed by atoms with Gasteiger partial charge in [-0.1, -0.05) is 30.3 Å². The van der Waals surface area contributed by atoms with Crippen molar-refractivity contribution in [1.29, 1.82) is 0 Å². The van der Waals surface area contributed by atoms with Gasteiger partial charge in [0.05, 0.1) is 11.3 Å². The van der Waals surface area contributed by atoms with E-state index in [9.17, 15) is 4.79 Å². The predicted molar refractivity (Wildman–Crippen MR) is 96.5 cm³/mol. The van der Waals surface area contributed by atoms with Crippen molar-refractivity contribution < 1.29 is 4.79 Å². The quantitative estimate of drug-likeness (QED) is 0.735. The number of nitrogens with zero attached hydrogens (tertiary/aromatic N) is 3. The van der Waals surface area contributed by atoms with Crippen LogP contribution in [-0.4, -0.2) is 34.7 Å². The van der Waals surface area contributed by atoms with Crippen LogP contribution >= 0.6 is 0 Å². The molecule has 1 aromatic heterocycles. The Balaban J connectivity index is 2.17. The maximum Gasteiger partial charge on any atom is 0.257 e. The van der Waals surface area contributed by atoms with Gasteiger partial charge in [-0.2, -0.15) is 5.10 Å². The molecule has 1 amide bonds. The van der Waals surface area contributed by atoms with Crippen molar-refractivity contribution in [2.45, 2.75) is 13.8 Å². The minimum Gasteiger partial charge on any atom is -0.345 e. The molecule has 0 spiro atoms. The summed E-state index contributed by atoms with van der Waals surface area (Å²) < 4.78 is 1.77. The Hall–Kier alpha value is -2.88. The van der Waals surface area contributed by atoms with Gasteiger partial charge in [-0.05, 0) is 43.2 Å². The number of para-hydroxylation sites is 1. The fourth-order valence-electron chi connectivity index (χ4n) is 2.59. The third kappa shape index (κ3) is 2.95. The first-order valence-corrected chi connectivity index (χ1v) is 7.91. The van der Waals surface area contributed by atoms with E-state index in [0.29, 0.717) is 11.3 Å². The van der Waals surface area contributed by atoms with Gasteiger partial charge in [0, 0.05) is 25.9 Å². The molecule has 0 fully saturated rings. The molecule has 1 heterocycles. The number of aromatic nitrogens is 2. The van der Waals surface area contributed by atoms with Crippen LogP contribution in [0.1, 0.15) is 21.5 Å². The molecule has 3 rings (SSSR count). The highest BCUT2D eigenvalue weighted by molar-refractivity contribution is 5.99. The van der Waals surface area contributed by atoms with Crippen LogP contribution in [0.3, 0.4) is 0 Å². The van der Waals surface area contributed by atoms with Gasteiger partial charge in [0.1, 0.15) is 5.69 Å². The van der Waals surface area contributed by atoms with Gasteiger partial charge in [-0.25, -0.2) is 4.68 Å². The zero-order valence-electron chi connectivity index (χ0n) is 14.4. The Bertz CT molecular complexity index is 879. The molecule has 0 aliphatic heterocycles. The Morgan fingerprint density at radius 1 is 1.00 bits per heavy atom. The van der Waals surface area contributed by atoms with Crippen molar-refractivity contribution in [3.8, 4) is 16.9 Å². The Morgan fingerprint density at radius 2 is 1.71 bits per heavy atom. The standard InChI is InChI=1S/C20H21N3O/c1-14-10-11-16(12-15(14)2)19-18(20(24)22(3)4)13-23(21-19)17-8-6-5-7-9-17/h5-13H,1-4H3. The zero-order valence-corrected chi connectivity index (χ0v) is 14.4. The van der Waals surface area contributed by atoms with Crippen LogP contribution in [0.25, 0.3) is 16.9 Å². The van der Waals surface area contributed by atoms with Crippen LogP contribution in [0.4, 0.5) is 0 Å². The number of benzene rings is 2. The fourth-order valence-corrected chi connectivity index (χ4v) is 2.59. The van der Waals surface area contributed by atoms with E-state index in [0.717, 1.165) is 11.3 Å². The van der Waals surface area contributed by atoms with Gasteiger partial charge in [-0.15, -0.1) is 0 Å². The molecule has 0 saturated heterocycles. The largest absolute Gasteiger partial charge is 0.345 e. The van der Waals surface area contributed by atoms with Crippen molar-refractivity contribution >= 4 is 5.91 Å². The molecule has 3 aromatic rings. The number of carbonyl (C=O) groups is 1. The van der Waals surface area contributed by atoms with Crippen molar-refractivity contribution in [3.63, 3.8) is 0 Å². The Labute approximate surface area is 142 Å². The summed E-state index contributed by atoms with van der Waals surface area (Å²) in [6, 6.07) is 16.0. The monoisotopic (exact) mass is 319 g/mol. The normalized spacial score (nSPS) is 10.7. The first-order chi connectivity index (χ1) is 11.5. The second kappa shape index (κ2) is 6.32. The van der Waals surface area contributed by atoms with E-state index in [-0.39, 0.29) is 5.91 Å². The highest BCUT2D eigenvalue weighted by atomic mass is 16.2. The van der Waals surface area contributed by atoms with Crippen LogP contribution in [-0.2, 0) is 0 Å². The highest BCUT2D eigenvalue weighted by Crippen LogP contribution is 2.26. The molecule has 2 aromatic carbocycles. The summed E-state index contributed by atoms with van der Waals surface area (Å²) in [4.78, 5) is 14.2. The van der Waals surface area contributed by atoms with Crippen LogP contribution in [0.5, 0.6) is 0 Å². The third-order valence-corrected chi connectivity index (χ3v) is 4.15. The predicted octanol–water partition coefficient (Wildman–Crippen LogP) is 3.86. The van der Waals surface area contributed by atoms with Crippen LogP contribution in [0.15, 0.2) is 54.7 Å². The number of rotatable bonds is 3. The molecule has 0 bridgehead atoms. The van der Waals surface area contributed by atoms with Gasteiger partial charge in [-0.3, -0.25) is 4.79 Å². The molecule has 4 heteroatoms. The molecule has 4 nitrogen and oxygen atoms in total. The molecule has 24 heavy (non-hydrogen) atoms. The summed E-state index contributed by atoms with van der Waals surface area (Å²) >= 11 is 0. The molecular weight excluding hydrogens is 298 g/mol. The Kier molecular flexibility index (Phi) is 4.21. The average molecular weight is 319 g/mol. The minimum absolute atomic E-state index is 0.0505. The van der Waals surface area contributed by atoms with Crippen molar-refractivity contribution in [2.24, 2.45) is 0 Å². The topological polar surface area (TPSA) is 38.1 Å². The van der Waals surface area contributed by atoms with Crippen LogP contribution in [0.2, 0.25) is 0 Å². The maximum atomic E-state index is 12.6. The molecule has 0 aliphatic carbocycles. The summed E-state index contributed by atoms with van der Waals surface area (Å²) in [5.41, 5.74) is 5.61. The van der Waals surface area contributed by atoms with E-state index >= 15 is 0 Å². The van der Waals surface area contributed by atoms with E-state index in [2.05, 4.69) is 26.0 Å². The molecule has 0 atom stereocenters. The van der Waals surface area contributed by atoms with Crippen LogP contribution in [0, 0.1) is 13.8 Å². The second-order valence-electron chi connectivity index (χ2n) is 6.17. The highest BCUT2D eigenvalue weighted by Gasteiger charge is 2.20. The summed E-state index contributed by atoms with van der Waals surface area (Å²) in [6.45, 7) is 4.15. The lowest BCUT2D eigenvalue weighted by molar-refractivity contribution is 0.0828. The molecular formula is C20H21N3O. The van der Waals surface area contributed by atoms with E-state index in [1.54, 1.807) is 23.7 Å². The zero-order chi connectivity index (χ0) is 17.3. The van der Waals surface area contributed by atoms with Gasteiger partial charge in [0.15, 0.2) is 0 Å². The van der Waals surface area contributed by atoms with Gasteiger partial charge in [0.25, 0.3) is 5.91 Å². The molecule has 0 N–H and O–H groups in total. The number of aryl methyl sites for hydroxylation is 2. The summed E-state index contributed by atoms with van der Waals surface area (Å²) in [5, 5.41) is 4.69. The van der Waals surface area contributed by atoms with E-state index in [1.165, 1.54) is 11.1 Å². The van der Waals surface area contributed by atoms with E-state index < -0.39 is 0 Å². The number of carbonyl (C=O) groups excluding carboxylic acids is 1. The van der Waals surface area contributed by atoms with Gasteiger partial charge in [0.2, 0.25) is 0 Å². The van der Waals surface area contributed by atoms with Crippen molar-refractivity contribution in [3.05, 3.63) is 71.4 Å². The first kappa shape index (κ1) is 16.0. The lowest BCUT2D eigenvalue weighted by atomic mass is 10.0. The summed E-state index contributed by atoms with van der Waals surface area (Å²) in [7, 11) is 3.51. The van der Waals surface area contributed by atoms with E-state index in [1.807, 2.05) is 42.6 Å². The molecule has 0 aliphatic rings. The van der Waals surface area contributed by atoms with Crippen molar-refractivity contribution in [1.82, 2.24) is 14.7 Å². The van der Waals surface area contributed by atoms with Crippen molar-refractivity contribution in [2.75, 3.05) is 14.1 Å².